The van der Waals surface area contributed by atoms with Crippen molar-refractivity contribution in [2.75, 3.05) is 13.1 Å². The zero-order valence-corrected chi connectivity index (χ0v) is 9.75. The first-order valence-corrected chi connectivity index (χ1v) is 5.74. The molecule has 2 rings (SSSR count). The second-order valence-corrected chi connectivity index (χ2v) is 4.48. The Kier molecular flexibility index (Phi) is 3.29. The lowest BCUT2D eigenvalue weighted by molar-refractivity contribution is 0.0886. The molecule has 0 spiro atoms. The van der Waals surface area contributed by atoms with Crippen molar-refractivity contribution in [3.63, 3.8) is 0 Å². The van der Waals surface area contributed by atoms with E-state index in [-0.39, 0.29) is 11.9 Å². The number of carbonyl (C=O) groups excluding carboxylic acids is 1. The Bertz CT molecular complexity index is 373. The number of amides is 1. The van der Waals surface area contributed by atoms with Crippen LogP contribution in [0.1, 0.15) is 29.5 Å². The Balaban J connectivity index is 1.99. The minimum absolute atomic E-state index is 0.108. The largest absolute Gasteiger partial charge is 0.459 e. The van der Waals surface area contributed by atoms with Crippen LogP contribution in [0.15, 0.2) is 16.7 Å². The molecule has 2 atom stereocenters. The average Bonchev–Trinajstić information content (AvgIpc) is 2.68. The van der Waals surface area contributed by atoms with Crippen LogP contribution in [0.4, 0.5) is 0 Å². The lowest BCUT2D eigenvalue weighted by atomic mass is 9.95. The zero-order chi connectivity index (χ0) is 11.5. The summed E-state index contributed by atoms with van der Waals surface area (Å²) in [6, 6.07) is 2.00. The molecule has 0 bridgehead atoms. The number of hydrogen-bond acceptors (Lipinski definition) is 3. The minimum atomic E-state index is -0.108. The number of carbonyl (C=O) groups is 1. The predicted octanol–water partition coefficient (Wildman–Crippen LogP) is 1.32. The van der Waals surface area contributed by atoms with Gasteiger partial charge in [0.25, 0.3) is 5.91 Å². The number of nitrogens with one attached hydrogen (secondary N) is 2. The number of furan rings is 1. The highest BCUT2D eigenvalue weighted by molar-refractivity contribution is 5.93. The second kappa shape index (κ2) is 4.70. The zero-order valence-electron chi connectivity index (χ0n) is 9.75. The molecule has 1 aromatic heterocycles. The van der Waals surface area contributed by atoms with Crippen LogP contribution in [-0.4, -0.2) is 25.0 Å². The van der Waals surface area contributed by atoms with Crippen LogP contribution in [0.25, 0.3) is 0 Å². The van der Waals surface area contributed by atoms with E-state index < -0.39 is 0 Å². The van der Waals surface area contributed by atoms with Crippen LogP contribution < -0.4 is 10.6 Å². The lowest BCUT2D eigenvalue weighted by Crippen LogP contribution is -2.50. The van der Waals surface area contributed by atoms with Crippen molar-refractivity contribution < 1.29 is 9.21 Å². The van der Waals surface area contributed by atoms with Crippen molar-refractivity contribution in [2.45, 2.75) is 26.3 Å². The lowest BCUT2D eigenvalue weighted by Gasteiger charge is -2.29. The first-order chi connectivity index (χ1) is 7.68. The van der Waals surface area contributed by atoms with Gasteiger partial charge in [0, 0.05) is 18.2 Å². The van der Waals surface area contributed by atoms with Crippen LogP contribution in [0.5, 0.6) is 0 Å². The third-order valence-corrected chi connectivity index (χ3v) is 3.21. The summed E-state index contributed by atoms with van der Waals surface area (Å²) in [6.45, 7) is 5.92. The monoisotopic (exact) mass is 222 g/mol. The molecule has 0 saturated carbocycles. The molecule has 0 radical (unpaired) electrons. The molecule has 0 aliphatic carbocycles. The quantitative estimate of drug-likeness (QED) is 0.793. The molecule has 88 valence electrons. The van der Waals surface area contributed by atoms with Crippen molar-refractivity contribution in [2.24, 2.45) is 5.92 Å². The topological polar surface area (TPSA) is 54.3 Å². The Hall–Kier alpha value is -1.29. The van der Waals surface area contributed by atoms with Crippen LogP contribution in [0, 0.1) is 12.8 Å². The molecular formula is C12H18N2O2. The number of aryl methyl sites for hydroxylation is 1. The SMILES string of the molecule is Cc1ccoc1C(=O)NC1CNCCC1C. The minimum Gasteiger partial charge on any atom is -0.459 e. The Morgan fingerprint density at radius 3 is 3.06 bits per heavy atom. The van der Waals surface area contributed by atoms with E-state index in [1.54, 1.807) is 12.3 Å². The fraction of sp³-hybridized carbons (Fsp3) is 0.583. The molecular weight excluding hydrogens is 204 g/mol. The van der Waals surface area contributed by atoms with Crippen molar-refractivity contribution in [3.05, 3.63) is 23.7 Å². The smallest absolute Gasteiger partial charge is 0.287 e. The van der Waals surface area contributed by atoms with E-state index in [0.29, 0.717) is 11.7 Å². The Morgan fingerprint density at radius 2 is 2.44 bits per heavy atom. The molecule has 4 nitrogen and oxygen atoms in total. The highest BCUT2D eigenvalue weighted by Crippen LogP contribution is 2.13. The van der Waals surface area contributed by atoms with Gasteiger partial charge in [0.15, 0.2) is 5.76 Å². The van der Waals surface area contributed by atoms with Crippen molar-refractivity contribution in [3.8, 4) is 0 Å². The van der Waals surface area contributed by atoms with Crippen molar-refractivity contribution in [1.29, 1.82) is 0 Å². The van der Waals surface area contributed by atoms with Gasteiger partial charge in [-0.15, -0.1) is 0 Å². The molecule has 1 saturated heterocycles. The van der Waals surface area contributed by atoms with E-state index in [1.807, 2.05) is 6.92 Å². The summed E-state index contributed by atoms with van der Waals surface area (Å²) in [5.41, 5.74) is 0.883. The van der Waals surface area contributed by atoms with E-state index >= 15 is 0 Å². The first-order valence-electron chi connectivity index (χ1n) is 5.74. The summed E-state index contributed by atoms with van der Waals surface area (Å²) in [5.74, 6) is 0.835. The Morgan fingerprint density at radius 1 is 1.62 bits per heavy atom. The molecule has 1 fully saturated rings. The maximum Gasteiger partial charge on any atom is 0.287 e. The molecule has 16 heavy (non-hydrogen) atoms. The third kappa shape index (κ3) is 2.27. The third-order valence-electron chi connectivity index (χ3n) is 3.21. The van der Waals surface area contributed by atoms with E-state index in [1.165, 1.54) is 0 Å². The van der Waals surface area contributed by atoms with Crippen LogP contribution in [-0.2, 0) is 0 Å². The van der Waals surface area contributed by atoms with Crippen molar-refractivity contribution >= 4 is 5.91 Å². The fourth-order valence-electron chi connectivity index (χ4n) is 2.02. The molecule has 1 amide bonds. The van der Waals surface area contributed by atoms with E-state index in [0.717, 1.165) is 25.1 Å². The molecule has 1 aromatic rings. The van der Waals surface area contributed by atoms with Crippen LogP contribution in [0.3, 0.4) is 0 Å². The molecule has 0 aromatic carbocycles. The van der Waals surface area contributed by atoms with Gasteiger partial charge in [-0.1, -0.05) is 6.92 Å². The standard InChI is InChI=1S/C12H18N2O2/c1-8-3-5-13-7-10(8)14-12(15)11-9(2)4-6-16-11/h4,6,8,10,13H,3,5,7H2,1-2H3,(H,14,15). The van der Waals surface area contributed by atoms with Gasteiger partial charge in [0.1, 0.15) is 0 Å². The van der Waals surface area contributed by atoms with Gasteiger partial charge in [0.2, 0.25) is 0 Å². The highest BCUT2D eigenvalue weighted by atomic mass is 16.3. The molecule has 2 heterocycles. The maximum atomic E-state index is 11.9. The van der Waals surface area contributed by atoms with Crippen LogP contribution in [0.2, 0.25) is 0 Å². The van der Waals surface area contributed by atoms with Gasteiger partial charge in [-0.05, 0) is 31.9 Å². The van der Waals surface area contributed by atoms with Gasteiger partial charge in [-0.2, -0.15) is 0 Å². The van der Waals surface area contributed by atoms with Gasteiger partial charge < -0.3 is 15.1 Å². The number of piperidine rings is 1. The van der Waals surface area contributed by atoms with E-state index in [2.05, 4.69) is 17.6 Å². The Labute approximate surface area is 95.4 Å². The second-order valence-electron chi connectivity index (χ2n) is 4.48. The van der Waals surface area contributed by atoms with Crippen molar-refractivity contribution in [1.82, 2.24) is 10.6 Å². The normalized spacial score (nSPS) is 25.4. The van der Waals surface area contributed by atoms with E-state index in [9.17, 15) is 4.79 Å². The van der Waals surface area contributed by atoms with E-state index in [4.69, 9.17) is 4.42 Å². The molecule has 1 aliphatic rings. The molecule has 2 unspecified atom stereocenters. The number of rotatable bonds is 2. The average molecular weight is 222 g/mol. The maximum absolute atomic E-state index is 11.9. The van der Waals surface area contributed by atoms with Gasteiger partial charge >= 0.3 is 0 Å². The number of hydrogen-bond donors (Lipinski definition) is 2. The molecule has 4 heteroatoms. The summed E-state index contributed by atoms with van der Waals surface area (Å²) in [5, 5.41) is 6.30. The summed E-state index contributed by atoms with van der Waals surface area (Å²) < 4.78 is 5.17. The summed E-state index contributed by atoms with van der Waals surface area (Å²) in [7, 11) is 0. The van der Waals surface area contributed by atoms with Gasteiger partial charge in [-0.3, -0.25) is 4.79 Å². The fourth-order valence-corrected chi connectivity index (χ4v) is 2.02. The summed E-state index contributed by atoms with van der Waals surface area (Å²) in [4.78, 5) is 11.9. The summed E-state index contributed by atoms with van der Waals surface area (Å²) >= 11 is 0. The molecule has 1 aliphatic heterocycles. The summed E-state index contributed by atoms with van der Waals surface area (Å²) in [6.07, 6.45) is 2.65. The first kappa shape index (κ1) is 11.2. The predicted molar refractivity (Wildman–Crippen MR) is 61.3 cm³/mol. The van der Waals surface area contributed by atoms with Gasteiger partial charge in [-0.25, -0.2) is 0 Å². The molecule has 2 N–H and O–H groups in total. The highest BCUT2D eigenvalue weighted by Gasteiger charge is 2.24. The van der Waals surface area contributed by atoms with Crippen LogP contribution >= 0.6 is 0 Å². The van der Waals surface area contributed by atoms with Gasteiger partial charge in [0.05, 0.1) is 6.26 Å².